The first-order valence-corrected chi connectivity index (χ1v) is 7.65. The maximum Gasteiger partial charge on any atom is 0.185 e. The summed E-state index contributed by atoms with van der Waals surface area (Å²) < 4.78 is 5.16. The van der Waals surface area contributed by atoms with Crippen molar-refractivity contribution in [1.82, 2.24) is 4.98 Å². The van der Waals surface area contributed by atoms with Gasteiger partial charge in [0.05, 0.1) is 12.3 Å². The Bertz CT molecular complexity index is 370. The highest BCUT2D eigenvalue weighted by Gasteiger charge is 2.21. The van der Waals surface area contributed by atoms with E-state index in [9.17, 15) is 0 Å². The number of anilines is 1. The van der Waals surface area contributed by atoms with E-state index in [0.717, 1.165) is 28.8 Å². The Morgan fingerprint density at radius 3 is 3.06 bits per heavy atom. The van der Waals surface area contributed by atoms with E-state index in [0.29, 0.717) is 18.4 Å². The second kappa shape index (κ2) is 6.04. The Labute approximate surface area is 111 Å². The Hall–Kier alpha value is -0.300. The normalized spacial score (nSPS) is 20.9. The lowest BCUT2D eigenvalue weighted by molar-refractivity contribution is 0.181. The Morgan fingerprint density at radius 1 is 1.59 bits per heavy atom. The molecule has 1 unspecified atom stereocenters. The fourth-order valence-corrected chi connectivity index (χ4v) is 3.90. The molecule has 1 fully saturated rings. The molecule has 1 aromatic rings. The van der Waals surface area contributed by atoms with Crippen molar-refractivity contribution < 1.29 is 4.74 Å². The number of thiazole rings is 1. The highest BCUT2D eigenvalue weighted by molar-refractivity contribution is 8.00. The van der Waals surface area contributed by atoms with Gasteiger partial charge in [0, 0.05) is 42.6 Å². The average Bonchev–Trinajstić information content (AvgIpc) is 2.73. The summed E-state index contributed by atoms with van der Waals surface area (Å²) in [4.78, 5) is 8.17. The van der Waals surface area contributed by atoms with Gasteiger partial charge in [0.15, 0.2) is 5.13 Å². The summed E-state index contributed by atoms with van der Waals surface area (Å²) in [6, 6.07) is 0. The standard InChI is InChI=1S/C11H19N3OS2/c1-8-6-14(3-4-16-8)11-13-9(7-15-2)10(5-12)17-11/h8H,3-7,12H2,1-2H3. The van der Waals surface area contributed by atoms with Crippen molar-refractivity contribution in [3.8, 4) is 0 Å². The minimum Gasteiger partial charge on any atom is -0.378 e. The van der Waals surface area contributed by atoms with Crippen molar-refractivity contribution in [1.29, 1.82) is 0 Å². The van der Waals surface area contributed by atoms with Crippen LogP contribution in [0.4, 0.5) is 5.13 Å². The quantitative estimate of drug-likeness (QED) is 0.905. The number of nitrogens with two attached hydrogens (primary N) is 1. The summed E-state index contributed by atoms with van der Waals surface area (Å²) in [6.45, 7) is 5.54. The summed E-state index contributed by atoms with van der Waals surface area (Å²) in [6.07, 6.45) is 0. The van der Waals surface area contributed by atoms with Gasteiger partial charge in [-0.15, -0.1) is 11.3 Å². The van der Waals surface area contributed by atoms with Crippen LogP contribution in [0.3, 0.4) is 0 Å². The first kappa shape index (κ1) is 13.1. The second-order valence-corrected chi connectivity index (χ2v) is 6.74. The Balaban J connectivity index is 2.14. The first-order valence-electron chi connectivity index (χ1n) is 5.78. The third-order valence-electron chi connectivity index (χ3n) is 2.75. The molecular formula is C11H19N3OS2. The van der Waals surface area contributed by atoms with Crippen LogP contribution in [0.25, 0.3) is 0 Å². The van der Waals surface area contributed by atoms with Gasteiger partial charge >= 0.3 is 0 Å². The van der Waals surface area contributed by atoms with Crippen molar-refractivity contribution in [2.24, 2.45) is 5.73 Å². The van der Waals surface area contributed by atoms with Crippen LogP contribution < -0.4 is 10.6 Å². The van der Waals surface area contributed by atoms with E-state index >= 15 is 0 Å². The van der Waals surface area contributed by atoms with Gasteiger partial charge in [0.2, 0.25) is 0 Å². The molecule has 4 nitrogen and oxygen atoms in total. The molecule has 1 saturated heterocycles. The topological polar surface area (TPSA) is 51.4 Å². The van der Waals surface area contributed by atoms with Gasteiger partial charge in [0.1, 0.15) is 0 Å². The van der Waals surface area contributed by atoms with Crippen molar-refractivity contribution in [3.63, 3.8) is 0 Å². The molecule has 2 heterocycles. The van der Waals surface area contributed by atoms with E-state index < -0.39 is 0 Å². The number of methoxy groups -OCH3 is 1. The third kappa shape index (κ3) is 3.13. The van der Waals surface area contributed by atoms with Crippen LogP contribution in [0, 0.1) is 0 Å². The van der Waals surface area contributed by atoms with Crippen molar-refractivity contribution >= 4 is 28.2 Å². The maximum atomic E-state index is 5.74. The Morgan fingerprint density at radius 2 is 2.41 bits per heavy atom. The van der Waals surface area contributed by atoms with Gasteiger partial charge in [-0.1, -0.05) is 6.92 Å². The minimum atomic E-state index is 0.550. The monoisotopic (exact) mass is 273 g/mol. The van der Waals surface area contributed by atoms with Crippen LogP contribution in [0.5, 0.6) is 0 Å². The predicted molar refractivity (Wildman–Crippen MR) is 74.9 cm³/mol. The van der Waals surface area contributed by atoms with Crippen LogP contribution >= 0.6 is 23.1 Å². The first-order chi connectivity index (χ1) is 8.24. The lowest BCUT2D eigenvalue weighted by atomic mass is 10.4. The molecule has 1 aliphatic heterocycles. The number of ether oxygens (including phenoxy) is 1. The number of aromatic nitrogens is 1. The number of rotatable bonds is 4. The highest BCUT2D eigenvalue weighted by Crippen LogP contribution is 2.30. The van der Waals surface area contributed by atoms with E-state index in [2.05, 4.69) is 16.8 Å². The summed E-state index contributed by atoms with van der Waals surface area (Å²) in [5, 5.41) is 1.78. The van der Waals surface area contributed by atoms with Crippen LogP contribution in [-0.2, 0) is 17.9 Å². The summed E-state index contributed by atoms with van der Waals surface area (Å²) in [5.74, 6) is 1.18. The average molecular weight is 273 g/mol. The molecule has 17 heavy (non-hydrogen) atoms. The lowest BCUT2D eigenvalue weighted by Crippen LogP contribution is -2.36. The molecule has 96 valence electrons. The molecule has 0 aliphatic carbocycles. The smallest absolute Gasteiger partial charge is 0.185 e. The van der Waals surface area contributed by atoms with E-state index in [1.54, 1.807) is 18.4 Å². The lowest BCUT2D eigenvalue weighted by Gasteiger charge is -2.30. The number of nitrogens with zero attached hydrogens (tertiary/aromatic N) is 2. The van der Waals surface area contributed by atoms with Crippen LogP contribution in [0.1, 0.15) is 17.5 Å². The fourth-order valence-electron chi connectivity index (χ4n) is 1.91. The minimum absolute atomic E-state index is 0.550. The molecule has 0 spiro atoms. The summed E-state index contributed by atoms with van der Waals surface area (Å²) in [5.41, 5.74) is 6.74. The molecule has 0 saturated carbocycles. The van der Waals surface area contributed by atoms with E-state index in [1.165, 1.54) is 5.75 Å². The van der Waals surface area contributed by atoms with Crippen molar-refractivity contribution in [2.45, 2.75) is 25.3 Å². The molecule has 1 aliphatic rings. The van der Waals surface area contributed by atoms with Gasteiger partial charge < -0.3 is 15.4 Å². The van der Waals surface area contributed by atoms with E-state index in [4.69, 9.17) is 10.5 Å². The number of hydrogen-bond donors (Lipinski definition) is 1. The molecule has 0 aromatic carbocycles. The van der Waals surface area contributed by atoms with E-state index in [1.807, 2.05) is 11.8 Å². The Kier molecular flexibility index (Phi) is 4.67. The molecular weight excluding hydrogens is 254 g/mol. The van der Waals surface area contributed by atoms with Crippen LogP contribution in [0.15, 0.2) is 0 Å². The zero-order chi connectivity index (χ0) is 12.3. The van der Waals surface area contributed by atoms with Gasteiger partial charge in [-0.05, 0) is 0 Å². The number of hydrogen-bond acceptors (Lipinski definition) is 6. The molecule has 6 heteroatoms. The zero-order valence-electron chi connectivity index (χ0n) is 10.3. The molecule has 0 bridgehead atoms. The summed E-state index contributed by atoms with van der Waals surface area (Å²) in [7, 11) is 1.69. The van der Waals surface area contributed by atoms with Crippen molar-refractivity contribution in [2.75, 3.05) is 30.9 Å². The maximum absolute atomic E-state index is 5.74. The van der Waals surface area contributed by atoms with Gasteiger partial charge in [-0.25, -0.2) is 4.98 Å². The third-order valence-corrected chi connectivity index (χ3v) is 5.06. The molecule has 0 amide bonds. The van der Waals surface area contributed by atoms with Crippen molar-refractivity contribution in [3.05, 3.63) is 10.6 Å². The molecule has 1 aromatic heterocycles. The van der Waals surface area contributed by atoms with Gasteiger partial charge in [0.25, 0.3) is 0 Å². The zero-order valence-corrected chi connectivity index (χ0v) is 11.9. The van der Waals surface area contributed by atoms with Gasteiger partial charge in [-0.2, -0.15) is 11.8 Å². The largest absolute Gasteiger partial charge is 0.378 e. The molecule has 0 radical (unpaired) electrons. The van der Waals surface area contributed by atoms with Gasteiger partial charge in [-0.3, -0.25) is 0 Å². The highest BCUT2D eigenvalue weighted by atomic mass is 32.2. The fraction of sp³-hybridized carbons (Fsp3) is 0.727. The van der Waals surface area contributed by atoms with E-state index in [-0.39, 0.29) is 0 Å². The molecule has 2 rings (SSSR count). The molecule has 2 N–H and O–H groups in total. The predicted octanol–water partition coefficient (Wildman–Crippen LogP) is 1.69. The van der Waals surface area contributed by atoms with Crippen LogP contribution in [-0.4, -0.2) is 36.2 Å². The van der Waals surface area contributed by atoms with Crippen LogP contribution in [0.2, 0.25) is 0 Å². The summed E-state index contributed by atoms with van der Waals surface area (Å²) >= 11 is 3.74. The molecule has 1 atom stereocenters. The second-order valence-electron chi connectivity index (χ2n) is 4.13. The SMILES string of the molecule is COCc1nc(N2CCSC(C)C2)sc1CN. The number of thioether (sulfide) groups is 1.